The zero-order chi connectivity index (χ0) is 79.2. The molecule has 120 heavy (non-hydrogen) atoms. The molecular formula is C111H109Ir3N6-3. The molecule has 4 aliphatic carbocycles. The van der Waals surface area contributed by atoms with E-state index in [4.69, 9.17) is 15.0 Å². The van der Waals surface area contributed by atoms with Gasteiger partial charge in [-0.25, -0.2) is 0 Å². The van der Waals surface area contributed by atoms with E-state index in [1.165, 1.54) is 233 Å². The molecule has 3 radical (unpaired) electrons. The third kappa shape index (κ3) is 20.2. The molecule has 15 aromatic rings. The molecular weight excluding hydrogens is 1990 g/mol. The summed E-state index contributed by atoms with van der Waals surface area (Å²) in [6, 6.07) is 109. The van der Waals surface area contributed by atoms with Crippen LogP contribution >= 0.6 is 0 Å². The monoisotopic (exact) mass is 2100 g/mol. The molecule has 0 N–H and O–H groups in total. The second-order valence-electron chi connectivity index (χ2n) is 34.0. The summed E-state index contributed by atoms with van der Waals surface area (Å²) in [6.45, 7) is 9.19. The maximum atomic E-state index is 4.98. The van der Waals surface area contributed by atoms with Gasteiger partial charge in [0.2, 0.25) is 0 Å². The van der Waals surface area contributed by atoms with Crippen LogP contribution in [0, 0.1) is 30.0 Å². The van der Waals surface area contributed by atoms with Crippen molar-refractivity contribution in [1.82, 2.24) is 28.7 Å². The van der Waals surface area contributed by atoms with Crippen molar-refractivity contribution >= 4 is 0 Å². The fourth-order valence-electron chi connectivity index (χ4n) is 19.4. The van der Waals surface area contributed by atoms with E-state index in [1.54, 1.807) is 0 Å². The molecule has 0 atom stereocenters. The van der Waals surface area contributed by atoms with Crippen LogP contribution in [0.25, 0.3) is 118 Å². The maximum absolute atomic E-state index is 4.98. The number of benzene rings is 12. The minimum Gasteiger partial charge on any atom is -0.340 e. The Hall–Kier alpha value is -9.78. The molecule has 4 fully saturated rings. The van der Waals surface area contributed by atoms with Gasteiger partial charge in [-0.2, -0.15) is 0 Å². The first-order valence-electron chi connectivity index (χ1n) is 43.7. The van der Waals surface area contributed by atoms with Crippen LogP contribution in [0.15, 0.2) is 310 Å². The van der Waals surface area contributed by atoms with E-state index in [9.17, 15) is 0 Å². The molecule has 6 nitrogen and oxygen atoms in total. The Kier molecular flexibility index (Phi) is 30.1. The van der Waals surface area contributed by atoms with Crippen LogP contribution in [0.1, 0.15) is 200 Å². The van der Waals surface area contributed by atoms with Gasteiger partial charge in [0.25, 0.3) is 0 Å². The molecule has 3 aromatic heterocycles. The Morgan fingerprint density at radius 2 is 0.500 bits per heavy atom. The normalized spacial score (nSPS) is 14.4. The van der Waals surface area contributed by atoms with Crippen LogP contribution in [0.4, 0.5) is 0 Å². The fraction of sp³-hybridized carbons (Fsp3) is 0.270. The van der Waals surface area contributed by atoms with Crippen molar-refractivity contribution in [3.63, 3.8) is 0 Å². The van der Waals surface area contributed by atoms with Gasteiger partial charge in [0.1, 0.15) is 0 Å². The molecule has 19 rings (SSSR count). The summed E-state index contributed by atoms with van der Waals surface area (Å²) >= 11 is 0. The van der Waals surface area contributed by atoms with E-state index in [0.717, 1.165) is 47.0 Å². The first-order valence-corrected chi connectivity index (χ1v) is 43.7. The zero-order valence-corrected chi connectivity index (χ0v) is 76.9. The summed E-state index contributed by atoms with van der Waals surface area (Å²) < 4.78 is 7.12. The summed E-state index contributed by atoms with van der Waals surface area (Å²) in [6.07, 6.45) is 37.9. The standard InChI is InChI=1S/C39H39N2.C37H35N2.C35H35N2.3Ir/c1-5-14-29(15-6-1)33-22-13-23-34(26-33)39-40-24-25-41(39)38-36(31-18-9-3-10-19-31)27-35(30-16-7-2-8-17-30)28-37(38)32-20-11-4-12-21-32;1-3-12-27(13-4-1)31-20-11-21-32(24-31)37-38-22-23-39(37)36-34(29-16-7-8-17-29)25-33(28-14-5-2-6-15-28)26-35(36)30-18-9-10-19-30;1-25(2)20-32-23-31(28-14-9-6-10-15-28)24-33(21-26(3)4)34(32)37-19-18-36-35(37)30-17-11-16-29(22-30)27-12-7-5-8-13-27;;;/h1-2,5-8,13-17,22,24-28,31-32H,3-4,9-12,18-21H2;1-6,11-15,20,22-26,29-30H,7-10,16-19H2;5-16,18-19,22-26H,20-21H2,1-4H3;;;/q3*-1;;;. The molecule has 0 unspecified atom stereocenters. The Bertz CT molecular complexity index is 5640. The Balaban J connectivity index is 0.000000146. The van der Waals surface area contributed by atoms with Crippen molar-refractivity contribution in [3.8, 4) is 118 Å². The number of rotatable bonds is 20. The summed E-state index contributed by atoms with van der Waals surface area (Å²) in [7, 11) is 0. The second-order valence-corrected chi connectivity index (χ2v) is 34.0. The van der Waals surface area contributed by atoms with Gasteiger partial charge in [0.05, 0.1) is 17.5 Å². The molecule has 0 aliphatic heterocycles. The number of imidazole rings is 3. The molecule has 4 saturated carbocycles. The topological polar surface area (TPSA) is 53.5 Å². The van der Waals surface area contributed by atoms with Crippen LogP contribution in [0.2, 0.25) is 0 Å². The van der Waals surface area contributed by atoms with Crippen molar-refractivity contribution in [1.29, 1.82) is 0 Å². The molecule has 0 amide bonds. The molecule has 0 spiro atoms. The maximum Gasteiger partial charge on any atom is 0.0603 e. The number of aromatic nitrogens is 6. The van der Waals surface area contributed by atoms with E-state index >= 15 is 0 Å². The minimum atomic E-state index is 0. The van der Waals surface area contributed by atoms with Crippen molar-refractivity contribution in [2.45, 2.75) is 180 Å². The largest absolute Gasteiger partial charge is 0.340 e. The summed E-state index contributed by atoms with van der Waals surface area (Å²) in [4.78, 5) is 14.8. The van der Waals surface area contributed by atoms with Gasteiger partial charge in [-0.1, -0.05) is 274 Å². The third-order valence-corrected chi connectivity index (χ3v) is 25.0. The van der Waals surface area contributed by atoms with E-state index < -0.39 is 0 Å². The molecule has 9 heteroatoms. The molecule has 0 saturated heterocycles. The first-order chi connectivity index (χ1) is 57.7. The van der Waals surface area contributed by atoms with Crippen LogP contribution in [-0.2, 0) is 73.2 Å². The average Bonchev–Trinajstić information content (AvgIpc) is 1.37. The summed E-state index contributed by atoms with van der Waals surface area (Å²) in [5, 5.41) is 0. The van der Waals surface area contributed by atoms with Crippen molar-refractivity contribution in [2.24, 2.45) is 11.8 Å². The van der Waals surface area contributed by atoms with Gasteiger partial charge in [0.15, 0.2) is 0 Å². The Labute approximate surface area is 754 Å². The van der Waals surface area contributed by atoms with Crippen LogP contribution in [0.5, 0.6) is 0 Å². The zero-order valence-electron chi connectivity index (χ0n) is 69.7. The Morgan fingerprint density at radius 1 is 0.267 bits per heavy atom. The fourth-order valence-corrected chi connectivity index (χ4v) is 19.4. The predicted molar refractivity (Wildman–Crippen MR) is 487 cm³/mol. The summed E-state index contributed by atoms with van der Waals surface area (Å²) in [5.41, 5.74) is 31.1. The van der Waals surface area contributed by atoms with Crippen molar-refractivity contribution < 1.29 is 60.3 Å². The van der Waals surface area contributed by atoms with Crippen molar-refractivity contribution in [2.75, 3.05) is 0 Å². The molecule has 4 aliphatic rings. The van der Waals surface area contributed by atoms with Gasteiger partial charge in [-0.3, -0.25) is 15.0 Å². The number of hydrogen-bond acceptors (Lipinski definition) is 3. The van der Waals surface area contributed by atoms with E-state index in [1.807, 2.05) is 30.7 Å². The smallest absolute Gasteiger partial charge is 0.0603 e. The SMILES string of the molecule is CC(C)Cc1cc(-c2ccccc2)cc(CC(C)C)c1-n1ccnc1-c1[c-]ccc(-c2ccccc2)c1.[Ir].[Ir].[Ir].[c-]1ccc(-c2ccccc2)cc1-c1nccn1-c1c(C2CCCC2)cc(-c2ccccc2)cc1C1CCCC1.[c-]1ccc(-c2ccccc2)cc1-c1nccn1-c1c(C2CCCCC2)cc(-c2ccccc2)cc1C1CCCCC1. The van der Waals surface area contributed by atoms with Gasteiger partial charge in [0, 0.05) is 115 Å². The first kappa shape index (κ1) is 86.6. The second kappa shape index (κ2) is 41.7. The van der Waals surface area contributed by atoms with Crippen LogP contribution < -0.4 is 0 Å². The molecule has 12 aromatic carbocycles. The van der Waals surface area contributed by atoms with Crippen molar-refractivity contribution in [3.05, 3.63) is 362 Å². The van der Waals surface area contributed by atoms with E-state index in [2.05, 4.69) is 339 Å². The van der Waals surface area contributed by atoms with Gasteiger partial charge < -0.3 is 13.7 Å². The number of nitrogens with zero attached hydrogens (tertiary/aromatic N) is 6. The summed E-state index contributed by atoms with van der Waals surface area (Å²) in [5.74, 6) is 6.34. The van der Waals surface area contributed by atoms with Crippen LogP contribution in [-0.4, -0.2) is 28.7 Å². The molecule has 0 bridgehead atoms. The minimum absolute atomic E-state index is 0. The quantitative estimate of drug-likeness (QED) is 0.0715. The molecule has 613 valence electrons. The third-order valence-electron chi connectivity index (χ3n) is 25.0. The average molecular weight is 2100 g/mol. The molecule has 3 heterocycles. The van der Waals surface area contributed by atoms with Gasteiger partial charge in [-0.15, -0.1) is 106 Å². The Morgan fingerprint density at radius 3 is 0.758 bits per heavy atom. The van der Waals surface area contributed by atoms with Crippen LogP contribution in [0.3, 0.4) is 0 Å². The van der Waals surface area contributed by atoms with Gasteiger partial charge >= 0.3 is 0 Å². The predicted octanol–water partition coefficient (Wildman–Crippen LogP) is 29.8. The van der Waals surface area contributed by atoms with Gasteiger partial charge in [-0.05, 0) is 220 Å². The van der Waals surface area contributed by atoms with E-state index in [-0.39, 0.29) is 60.3 Å². The number of hydrogen-bond donors (Lipinski definition) is 0. The van der Waals surface area contributed by atoms with E-state index in [0.29, 0.717) is 35.5 Å².